The van der Waals surface area contributed by atoms with Crippen molar-refractivity contribution in [1.29, 1.82) is 0 Å². The molecule has 7 nitrogen and oxygen atoms in total. The average Bonchev–Trinajstić information content (AvgIpc) is 3.10. The third kappa shape index (κ3) is 5.56. The molecular formula is C26H33FN4O3. The average molecular weight is 469 g/mol. The Hall–Kier alpha value is -2.97. The number of aliphatic hydroxyl groups excluding tert-OH is 1. The number of hydrogen-bond donors (Lipinski definition) is 2. The number of hydrogen-bond acceptors (Lipinski definition) is 6. The van der Waals surface area contributed by atoms with Crippen LogP contribution in [0.15, 0.2) is 47.6 Å². The summed E-state index contributed by atoms with van der Waals surface area (Å²) < 4.78 is 18.9. The first-order valence-electron chi connectivity index (χ1n) is 11.9. The highest BCUT2D eigenvalue weighted by Gasteiger charge is 2.33. The number of nitrogens with zero attached hydrogens (tertiary/aromatic N) is 3. The van der Waals surface area contributed by atoms with Crippen molar-refractivity contribution in [1.82, 2.24) is 10.3 Å². The Kier molecular flexibility index (Phi) is 7.80. The molecule has 1 amide bonds. The van der Waals surface area contributed by atoms with Gasteiger partial charge in [0.2, 0.25) is 0 Å². The normalized spacial score (nSPS) is 21.4. The molecule has 4 rings (SSSR count). The van der Waals surface area contributed by atoms with Crippen molar-refractivity contribution in [2.45, 2.75) is 31.8 Å². The lowest BCUT2D eigenvalue weighted by Gasteiger charge is -2.22. The molecular weight excluding hydrogens is 435 g/mol. The minimum atomic E-state index is -0.320. The number of aryl methyl sites for hydroxylation is 1. The first kappa shape index (κ1) is 24.2. The number of anilines is 1. The maximum absolute atomic E-state index is 13.4. The smallest absolute Gasteiger partial charge is 0.414 e. The maximum Gasteiger partial charge on any atom is 0.414 e. The van der Waals surface area contributed by atoms with Gasteiger partial charge < -0.3 is 15.2 Å². The van der Waals surface area contributed by atoms with Gasteiger partial charge in [-0.3, -0.25) is 9.91 Å². The molecule has 2 N–H and O–H groups in total. The number of amides is 1. The highest BCUT2D eigenvalue weighted by Crippen LogP contribution is 2.32. The van der Waals surface area contributed by atoms with Gasteiger partial charge in [0.15, 0.2) is 0 Å². The Morgan fingerprint density at radius 3 is 2.79 bits per heavy atom. The van der Waals surface area contributed by atoms with E-state index in [-0.39, 0.29) is 30.5 Å². The van der Waals surface area contributed by atoms with Crippen LogP contribution in [0, 0.1) is 11.7 Å². The molecule has 2 aromatic carbocycles. The standard InChI is InChI=1S/C26H33FN4O3/c1-28-16-23-17-31(26(33)34-23)22-10-11-24-19(15-22)4-3-5-20(25(24)29-30(2)12-13-32)14-18-6-8-21(27)9-7-18/h6-11,15,20,23,28,32H,3-5,12-14,16-17H2,1-2H3/b29-25+. The molecule has 1 fully saturated rings. The highest BCUT2D eigenvalue weighted by atomic mass is 19.1. The van der Waals surface area contributed by atoms with Crippen molar-refractivity contribution in [2.24, 2.45) is 11.0 Å². The fourth-order valence-corrected chi connectivity index (χ4v) is 4.78. The molecule has 0 spiro atoms. The molecule has 1 aliphatic carbocycles. The molecule has 1 heterocycles. The third-order valence-corrected chi connectivity index (χ3v) is 6.47. The van der Waals surface area contributed by atoms with Crippen LogP contribution in [0.4, 0.5) is 14.9 Å². The lowest BCUT2D eigenvalue weighted by Crippen LogP contribution is -2.29. The lowest BCUT2D eigenvalue weighted by atomic mass is 9.88. The quantitative estimate of drug-likeness (QED) is 0.460. The van der Waals surface area contributed by atoms with Crippen LogP contribution in [-0.4, -0.2) is 68.4 Å². The van der Waals surface area contributed by atoms with Crippen molar-refractivity contribution in [3.05, 3.63) is 65.0 Å². The zero-order chi connectivity index (χ0) is 24.1. The first-order valence-corrected chi connectivity index (χ1v) is 11.9. The van der Waals surface area contributed by atoms with Gasteiger partial charge in [-0.1, -0.05) is 18.2 Å². The summed E-state index contributed by atoms with van der Waals surface area (Å²) in [6.07, 6.45) is 3.09. The number of nitrogens with one attached hydrogen (secondary N) is 1. The summed E-state index contributed by atoms with van der Waals surface area (Å²) >= 11 is 0. The number of carbonyl (C=O) groups excluding carboxylic acids is 1. The number of fused-ring (bicyclic) bond motifs is 1. The summed E-state index contributed by atoms with van der Waals surface area (Å²) in [7, 11) is 3.70. The van der Waals surface area contributed by atoms with Gasteiger partial charge in [0.05, 0.1) is 25.4 Å². The zero-order valence-electron chi connectivity index (χ0n) is 19.8. The van der Waals surface area contributed by atoms with Gasteiger partial charge in [0.1, 0.15) is 11.9 Å². The Labute approximate surface area is 200 Å². The largest absolute Gasteiger partial charge is 0.443 e. The van der Waals surface area contributed by atoms with Crippen molar-refractivity contribution in [3.8, 4) is 0 Å². The maximum atomic E-state index is 13.4. The van der Waals surface area contributed by atoms with E-state index >= 15 is 0 Å². The van der Waals surface area contributed by atoms with Crippen molar-refractivity contribution in [2.75, 3.05) is 45.2 Å². The molecule has 34 heavy (non-hydrogen) atoms. The van der Waals surface area contributed by atoms with Crippen LogP contribution >= 0.6 is 0 Å². The highest BCUT2D eigenvalue weighted by molar-refractivity contribution is 6.04. The van der Waals surface area contributed by atoms with Crippen LogP contribution < -0.4 is 10.2 Å². The van der Waals surface area contributed by atoms with Gasteiger partial charge in [-0.25, -0.2) is 9.18 Å². The number of rotatable bonds is 8. The van der Waals surface area contributed by atoms with Crippen LogP contribution in [-0.2, 0) is 17.6 Å². The molecule has 182 valence electrons. The van der Waals surface area contributed by atoms with Gasteiger partial charge in [0.25, 0.3) is 0 Å². The number of cyclic esters (lactones) is 1. The van der Waals surface area contributed by atoms with E-state index in [1.165, 1.54) is 12.1 Å². The second-order valence-electron chi connectivity index (χ2n) is 9.03. The number of benzene rings is 2. The molecule has 0 radical (unpaired) electrons. The number of aliphatic hydroxyl groups is 1. The Bertz CT molecular complexity index is 1030. The Balaban J connectivity index is 1.65. The summed E-state index contributed by atoms with van der Waals surface area (Å²) in [5.41, 5.74) is 5.09. The molecule has 2 atom stereocenters. The van der Waals surface area contributed by atoms with Gasteiger partial charge in [-0.05, 0) is 68.1 Å². The second-order valence-corrected chi connectivity index (χ2v) is 9.03. The molecule has 2 aromatic rings. The molecule has 1 aliphatic heterocycles. The SMILES string of the molecule is CNCC1CN(c2ccc3c(c2)CCCC(Cc2ccc(F)cc2)/C3=N\N(C)CCO)C(=O)O1. The molecule has 0 bridgehead atoms. The predicted octanol–water partition coefficient (Wildman–Crippen LogP) is 3.19. The number of likely N-dealkylation sites (N-methyl/N-ethyl adjacent to an activating group) is 2. The molecule has 0 aromatic heterocycles. The molecule has 1 saturated heterocycles. The fourth-order valence-electron chi connectivity index (χ4n) is 4.78. The van der Waals surface area contributed by atoms with Crippen LogP contribution in [0.3, 0.4) is 0 Å². The van der Waals surface area contributed by atoms with Crippen molar-refractivity contribution >= 4 is 17.5 Å². The van der Waals surface area contributed by atoms with E-state index in [2.05, 4.69) is 17.4 Å². The van der Waals surface area contributed by atoms with Crippen molar-refractivity contribution in [3.63, 3.8) is 0 Å². The van der Waals surface area contributed by atoms with Crippen LogP contribution in [0.2, 0.25) is 0 Å². The summed E-state index contributed by atoms with van der Waals surface area (Å²) in [4.78, 5) is 14.1. The minimum absolute atomic E-state index is 0.0204. The van der Waals surface area contributed by atoms with E-state index in [1.807, 2.05) is 32.3 Å². The van der Waals surface area contributed by atoms with Crippen molar-refractivity contribution < 1.29 is 19.0 Å². The van der Waals surface area contributed by atoms with E-state index in [9.17, 15) is 14.3 Å². The van der Waals surface area contributed by atoms with Crippen LogP contribution in [0.25, 0.3) is 0 Å². The predicted molar refractivity (Wildman–Crippen MR) is 131 cm³/mol. The Morgan fingerprint density at radius 2 is 2.06 bits per heavy atom. The summed E-state index contributed by atoms with van der Waals surface area (Å²) in [5.74, 6) is -0.0769. The number of halogens is 1. The van der Waals surface area contributed by atoms with Gasteiger partial charge in [-0.15, -0.1) is 0 Å². The third-order valence-electron chi connectivity index (χ3n) is 6.47. The Morgan fingerprint density at radius 1 is 1.26 bits per heavy atom. The number of ether oxygens (including phenoxy) is 1. The first-order chi connectivity index (χ1) is 16.5. The number of hydrazone groups is 1. The molecule has 8 heteroatoms. The van der Waals surface area contributed by atoms with Crippen LogP contribution in [0.5, 0.6) is 0 Å². The summed E-state index contributed by atoms with van der Waals surface area (Å²) in [6, 6.07) is 12.8. The lowest BCUT2D eigenvalue weighted by molar-refractivity contribution is 0.141. The van der Waals surface area contributed by atoms with Gasteiger partial charge in [-0.2, -0.15) is 5.10 Å². The molecule has 2 aliphatic rings. The van der Waals surface area contributed by atoms with E-state index in [4.69, 9.17) is 9.84 Å². The van der Waals surface area contributed by atoms with Gasteiger partial charge in [0, 0.05) is 30.8 Å². The second kappa shape index (κ2) is 11.0. The molecule has 2 unspecified atom stereocenters. The number of carbonyl (C=O) groups is 1. The topological polar surface area (TPSA) is 77.4 Å². The summed E-state index contributed by atoms with van der Waals surface area (Å²) in [5, 5.41) is 19.1. The monoisotopic (exact) mass is 468 g/mol. The van der Waals surface area contributed by atoms with E-state index in [0.717, 1.165) is 53.8 Å². The fraction of sp³-hybridized carbons (Fsp3) is 0.462. The van der Waals surface area contributed by atoms with E-state index in [0.29, 0.717) is 19.6 Å². The summed E-state index contributed by atoms with van der Waals surface area (Å²) in [6.45, 7) is 1.59. The van der Waals surface area contributed by atoms with E-state index in [1.54, 1.807) is 9.91 Å². The van der Waals surface area contributed by atoms with Crippen LogP contribution in [0.1, 0.15) is 29.5 Å². The van der Waals surface area contributed by atoms with E-state index < -0.39 is 0 Å². The zero-order valence-corrected chi connectivity index (χ0v) is 19.8. The minimum Gasteiger partial charge on any atom is -0.443 e. The van der Waals surface area contributed by atoms with Gasteiger partial charge >= 0.3 is 6.09 Å². The molecule has 0 saturated carbocycles.